The Labute approximate surface area is 158 Å². The molecule has 0 bridgehead atoms. The second-order valence-electron chi connectivity index (χ2n) is 7.91. The highest BCUT2D eigenvalue weighted by atomic mass is 16.5. The van der Waals surface area contributed by atoms with Gasteiger partial charge in [-0.2, -0.15) is 10.2 Å². The van der Waals surface area contributed by atoms with Crippen LogP contribution in [0, 0.1) is 0 Å². The van der Waals surface area contributed by atoms with Gasteiger partial charge in [0.25, 0.3) is 5.56 Å². The fourth-order valence-corrected chi connectivity index (χ4v) is 4.56. The van der Waals surface area contributed by atoms with E-state index in [1.54, 1.807) is 4.68 Å². The SMILES string of the molecule is O=c1cc2c(nn1C1CCC(Nc3cc4c(nn3)CCOC4)CC1)CCC2. The fraction of sp³-hybridized carbons (Fsp3) is 0.600. The summed E-state index contributed by atoms with van der Waals surface area (Å²) >= 11 is 0. The zero-order chi connectivity index (χ0) is 18.2. The standard InChI is InChI=1S/C20H25N5O2/c26-20-11-13-2-1-3-18(13)24-25(20)16-6-4-15(5-7-16)21-19-10-14-12-27-9-8-17(14)22-23-19/h10-11,15-16H,1-9,12H2,(H,21,23). The molecule has 0 saturated heterocycles. The van der Waals surface area contributed by atoms with E-state index in [9.17, 15) is 4.79 Å². The first kappa shape index (κ1) is 16.9. The minimum Gasteiger partial charge on any atom is -0.376 e. The molecule has 0 unspecified atom stereocenters. The van der Waals surface area contributed by atoms with E-state index < -0.39 is 0 Å². The second-order valence-corrected chi connectivity index (χ2v) is 7.91. The molecule has 0 amide bonds. The van der Waals surface area contributed by atoms with Crippen molar-refractivity contribution in [3.05, 3.63) is 45.0 Å². The predicted octanol–water partition coefficient (Wildman–Crippen LogP) is 2.19. The lowest BCUT2D eigenvalue weighted by Gasteiger charge is -2.30. The highest BCUT2D eigenvalue weighted by molar-refractivity contribution is 5.39. The highest BCUT2D eigenvalue weighted by Crippen LogP contribution is 2.30. The number of rotatable bonds is 3. The number of ether oxygens (including phenoxy) is 1. The highest BCUT2D eigenvalue weighted by Gasteiger charge is 2.26. The van der Waals surface area contributed by atoms with E-state index in [0.717, 1.165) is 86.3 Å². The number of hydrogen-bond acceptors (Lipinski definition) is 6. The van der Waals surface area contributed by atoms with Crippen LogP contribution in [0.1, 0.15) is 60.7 Å². The lowest BCUT2D eigenvalue weighted by molar-refractivity contribution is 0.109. The van der Waals surface area contributed by atoms with Crippen LogP contribution in [0.3, 0.4) is 0 Å². The Morgan fingerprint density at radius 2 is 1.89 bits per heavy atom. The Balaban J connectivity index is 1.24. The first-order valence-corrected chi connectivity index (χ1v) is 10.1. The molecule has 1 fully saturated rings. The van der Waals surface area contributed by atoms with Crippen molar-refractivity contribution >= 4 is 5.82 Å². The molecule has 1 saturated carbocycles. The summed E-state index contributed by atoms with van der Waals surface area (Å²) in [5, 5.41) is 16.9. The summed E-state index contributed by atoms with van der Waals surface area (Å²) in [5.74, 6) is 0.829. The van der Waals surface area contributed by atoms with Crippen molar-refractivity contribution in [1.82, 2.24) is 20.0 Å². The maximum absolute atomic E-state index is 12.4. The van der Waals surface area contributed by atoms with Crippen LogP contribution in [0.25, 0.3) is 0 Å². The lowest BCUT2D eigenvalue weighted by Crippen LogP contribution is -2.34. The van der Waals surface area contributed by atoms with E-state index in [1.165, 1.54) is 0 Å². The summed E-state index contributed by atoms with van der Waals surface area (Å²) in [7, 11) is 0. The van der Waals surface area contributed by atoms with Gasteiger partial charge in [0.2, 0.25) is 0 Å². The van der Waals surface area contributed by atoms with Crippen molar-refractivity contribution in [2.24, 2.45) is 0 Å². The Hall–Kier alpha value is -2.28. The molecule has 3 aliphatic rings. The fourth-order valence-electron chi connectivity index (χ4n) is 4.56. The molecule has 0 aromatic carbocycles. The normalized spacial score (nSPS) is 24.3. The number of aromatic nitrogens is 4. The Morgan fingerprint density at radius 1 is 1.00 bits per heavy atom. The number of hydrogen-bond donors (Lipinski definition) is 1. The molecule has 0 radical (unpaired) electrons. The monoisotopic (exact) mass is 367 g/mol. The molecule has 2 aromatic rings. The van der Waals surface area contributed by atoms with Crippen LogP contribution >= 0.6 is 0 Å². The van der Waals surface area contributed by atoms with E-state index in [-0.39, 0.29) is 11.6 Å². The zero-order valence-electron chi connectivity index (χ0n) is 15.5. The van der Waals surface area contributed by atoms with Gasteiger partial charge in [0.1, 0.15) is 5.82 Å². The van der Waals surface area contributed by atoms with Crippen molar-refractivity contribution in [3.63, 3.8) is 0 Å². The van der Waals surface area contributed by atoms with Crippen LogP contribution in [-0.2, 0) is 30.6 Å². The van der Waals surface area contributed by atoms with Crippen molar-refractivity contribution in [3.8, 4) is 0 Å². The molecule has 2 aromatic heterocycles. The van der Waals surface area contributed by atoms with Gasteiger partial charge in [-0.25, -0.2) is 4.68 Å². The minimum absolute atomic E-state index is 0.0626. The third kappa shape index (κ3) is 3.36. The predicted molar refractivity (Wildman–Crippen MR) is 101 cm³/mol. The van der Waals surface area contributed by atoms with Crippen LogP contribution in [0.2, 0.25) is 0 Å². The quantitative estimate of drug-likeness (QED) is 0.896. The van der Waals surface area contributed by atoms with Gasteiger partial charge >= 0.3 is 0 Å². The van der Waals surface area contributed by atoms with E-state index in [4.69, 9.17) is 4.74 Å². The van der Waals surface area contributed by atoms with E-state index >= 15 is 0 Å². The van der Waals surface area contributed by atoms with Crippen molar-refractivity contribution in [1.29, 1.82) is 0 Å². The molecule has 0 spiro atoms. The third-order valence-corrected chi connectivity index (χ3v) is 6.08. The molecule has 1 N–H and O–H groups in total. The third-order valence-electron chi connectivity index (χ3n) is 6.08. The number of nitrogens with zero attached hydrogens (tertiary/aromatic N) is 4. The summed E-state index contributed by atoms with van der Waals surface area (Å²) in [6, 6.07) is 4.46. The number of nitrogens with one attached hydrogen (secondary N) is 1. The minimum atomic E-state index is 0.0626. The van der Waals surface area contributed by atoms with E-state index in [0.29, 0.717) is 12.6 Å². The average molecular weight is 367 g/mol. The van der Waals surface area contributed by atoms with Crippen molar-refractivity contribution in [2.45, 2.75) is 70.1 Å². The van der Waals surface area contributed by atoms with Gasteiger partial charge in [-0.05, 0) is 56.6 Å². The van der Waals surface area contributed by atoms with Gasteiger partial charge in [0, 0.05) is 24.1 Å². The van der Waals surface area contributed by atoms with Gasteiger partial charge in [-0.3, -0.25) is 4.79 Å². The number of anilines is 1. The molecule has 142 valence electrons. The summed E-state index contributed by atoms with van der Waals surface area (Å²) < 4.78 is 7.26. The zero-order valence-corrected chi connectivity index (χ0v) is 15.5. The smallest absolute Gasteiger partial charge is 0.267 e. The molecule has 3 heterocycles. The van der Waals surface area contributed by atoms with E-state index in [2.05, 4.69) is 26.7 Å². The summed E-state index contributed by atoms with van der Waals surface area (Å²) in [4.78, 5) is 12.4. The summed E-state index contributed by atoms with van der Waals surface area (Å²) in [6.07, 6.45) is 7.91. The largest absolute Gasteiger partial charge is 0.376 e. The molecule has 0 atom stereocenters. The second kappa shape index (κ2) is 7.03. The number of aryl methyl sites for hydroxylation is 2. The molecular formula is C20H25N5O2. The Kier molecular flexibility index (Phi) is 4.39. The summed E-state index contributed by atoms with van der Waals surface area (Å²) in [5.41, 5.74) is 4.54. The molecule has 2 aliphatic carbocycles. The Morgan fingerprint density at radius 3 is 2.78 bits per heavy atom. The Bertz CT molecular complexity index is 902. The van der Waals surface area contributed by atoms with Crippen LogP contribution in [0.15, 0.2) is 16.9 Å². The molecule has 5 rings (SSSR count). The van der Waals surface area contributed by atoms with Gasteiger partial charge in [0.05, 0.1) is 30.6 Å². The molecule has 1 aliphatic heterocycles. The van der Waals surface area contributed by atoms with Crippen LogP contribution in [-0.4, -0.2) is 32.6 Å². The first-order valence-electron chi connectivity index (χ1n) is 10.1. The van der Waals surface area contributed by atoms with Crippen molar-refractivity contribution in [2.75, 3.05) is 11.9 Å². The van der Waals surface area contributed by atoms with Gasteiger partial charge in [0.15, 0.2) is 0 Å². The van der Waals surface area contributed by atoms with Gasteiger partial charge < -0.3 is 10.1 Å². The lowest BCUT2D eigenvalue weighted by atomic mass is 9.91. The van der Waals surface area contributed by atoms with Crippen LogP contribution in [0.4, 0.5) is 5.82 Å². The first-order chi connectivity index (χ1) is 13.3. The maximum atomic E-state index is 12.4. The molecule has 7 nitrogen and oxygen atoms in total. The van der Waals surface area contributed by atoms with E-state index in [1.807, 2.05) is 6.07 Å². The number of fused-ring (bicyclic) bond motifs is 2. The average Bonchev–Trinajstić information content (AvgIpc) is 3.15. The maximum Gasteiger partial charge on any atom is 0.267 e. The summed E-state index contributed by atoms with van der Waals surface area (Å²) in [6.45, 7) is 1.35. The molecule has 27 heavy (non-hydrogen) atoms. The molecule has 7 heteroatoms. The topological polar surface area (TPSA) is 81.9 Å². The van der Waals surface area contributed by atoms with Crippen LogP contribution in [0.5, 0.6) is 0 Å². The van der Waals surface area contributed by atoms with Crippen molar-refractivity contribution < 1.29 is 4.74 Å². The van der Waals surface area contributed by atoms with Crippen LogP contribution < -0.4 is 10.9 Å². The molecular weight excluding hydrogens is 342 g/mol. The van der Waals surface area contributed by atoms with Gasteiger partial charge in [-0.15, -0.1) is 5.10 Å². The van der Waals surface area contributed by atoms with Gasteiger partial charge in [-0.1, -0.05) is 0 Å².